The van der Waals surface area contributed by atoms with Gasteiger partial charge in [-0.2, -0.15) is 0 Å². The summed E-state index contributed by atoms with van der Waals surface area (Å²) < 4.78 is 5.26. The third kappa shape index (κ3) is 0.469. The van der Waals surface area contributed by atoms with E-state index in [1.807, 2.05) is 0 Å². The van der Waals surface area contributed by atoms with Crippen LogP contribution in [0.15, 0.2) is 0 Å². The summed E-state index contributed by atoms with van der Waals surface area (Å²) in [6.07, 6.45) is 1.70. The van der Waals surface area contributed by atoms with Gasteiger partial charge in [0.1, 0.15) is 0 Å². The number of hydrogen-bond acceptors (Lipinski definition) is 1. The van der Waals surface area contributed by atoms with Crippen LogP contribution in [0.2, 0.25) is 0 Å². The minimum Gasteiger partial charge on any atom is -0.375 e. The molecule has 0 aromatic rings. The molecule has 2 nitrogen and oxygen atoms in total. The number of morpholine rings is 1. The molecule has 2 atom stereocenters. The number of rotatable bonds is 0. The number of ether oxygens (including phenoxy) is 1. The largest absolute Gasteiger partial charge is 0.375 e. The van der Waals surface area contributed by atoms with Crippen molar-refractivity contribution in [3.8, 4) is 0 Å². The molecule has 0 aliphatic carbocycles. The molecule has 2 heteroatoms. The lowest BCUT2D eigenvalue weighted by Crippen LogP contribution is -2.24. The molecule has 0 aromatic carbocycles. The summed E-state index contributed by atoms with van der Waals surface area (Å²) in [5.74, 6) is 0. The summed E-state index contributed by atoms with van der Waals surface area (Å²) in [6, 6.07) is 0.574. The Kier molecular flexibility index (Phi) is 0.664. The zero-order valence-electron chi connectivity index (χ0n) is 4.13. The summed E-state index contributed by atoms with van der Waals surface area (Å²) >= 11 is 0. The minimum atomic E-state index is 0.505. The van der Waals surface area contributed by atoms with Crippen molar-refractivity contribution in [2.75, 3.05) is 13.2 Å². The Labute approximate surface area is 42.9 Å². The Hall–Kier alpha value is -0.0800. The fourth-order valence-corrected chi connectivity index (χ4v) is 1.21. The average Bonchev–Trinajstić information content (AvgIpc) is 2.22. The molecule has 0 aromatic heterocycles. The predicted molar refractivity (Wildman–Crippen MR) is 25.1 cm³/mol. The monoisotopic (exact) mass is 98.1 g/mol. The normalized spacial score (nSPS) is 48.0. The topological polar surface area (TPSA) is 23.3 Å². The van der Waals surface area contributed by atoms with Crippen molar-refractivity contribution in [3.05, 3.63) is 0 Å². The van der Waals surface area contributed by atoms with Crippen molar-refractivity contribution in [2.45, 2.75) is 18.6 Å². The van der Waals surface area contributed by atoms with Crippen molar-refractivity contribution in [3.63, 3.8) is 0 Å². The van der Waals surface area contributed by atoms with Crippen LogP contribution in [0.5, 0.6) is 0 Å². The molecule has 39 valence electrons. The van der Waals surface area contributed by atoms with Gasteiger partial charge in [-0.3, -0.25) is 0 Å². The van der Waals surface area contributed by atoms with Crippen LogP contribution < -0.4 is 5.32 Å². The van der Waals surface area contributed by atoms with Gasteiger partial charge in [0.05, 0.1) is 18.8 Å². The molecule has 2 fully saturated rings. The Morgan fingerprint density at radius 3 is 2.71 bits per heavy atom. The van der Waals surface area contributed by atoms with Gasteiger partial charge in [0, 0.05) is 6.54 Å². The molecule has 0 N–H and O–H groups in total. The Bertz CT molecular complexity index is 66.1. The standard InChI is InChI=1S/C5H8NO/c1-4-3-7-5(1)2-6-4/h4-5H,1-3H2/t4-,5+/m0/s1. The first-order chi connectivity index (χ1) is 3.45. The van der Waals surface area contributed by atoms with Gasteiger partial charge in [-0.25, -0.2) is 5.32 Å². The van der Waals surface area contributed by atoms with Crippen LogP contribution in [0, 0.1) is 0 Å². The molecular formula is C5H8NO. The predicted octanol–water partition coefficient (Wildman–Crippen LogP) is -0.238. The van der Waals surface area contributed by atoms with E-state index in [-0.39, 0.29) is 0 Å². The van der Waals surface area contributed by atoms with E-state index in [4.69, 9.17) is 4.74 Å². The summed E-state index contributed by atoms with van der Waals surface area (Å²) in [4.78, 5) is 0. The van der Waals surface area contributed by atoms with E-state index in [9.17, 15) is 0 Å². The third-order valence-electron chi connectivity index (χ3n) is 1.63. The Morgan fingerprint density at radius 2 is 2.57 bits per heavy atom. The Morgan fingerprint density at radius 1 is 1.57 bits per heavy atom. The van der Waals surface area contributed by atoms with Gasteiger partial charge < -0.3 is 4.74 Å². The molecule has 7 heavy (non-hydrogen) atoms. The first kappa shape index (κ1) is 3.87. The molecule has 2 aliphatic heterocycles. The molecule has 0 saturated carbocycles. The summed E-state index contributed by atoms with van der Waals surface area (Å²) in [7, 11) is 0. The van der Waals surface area contributed by atoms with Crippen LogP contribution in [-0.2, 0) is 4.74 Å². The number of hydrogen-bond donors (Lipinski definition) is 0. The van der Waals surface area contributed by atoms with Crippen molar-refractivity contribution >= 4 is 0 Å². The zero-order valence-corrected chi connectivity index (χ0v) is 4.13. The molecule has 0 spiro atoms. The molecule has 2 aliphatic rings. The smallest absolute Gasteiger partial charge is 0.0733 e. The van der Waals surface area contributed by atoms with Gasteiger partial charge in [0.2, 0.25) is 0 Å². The second kappa shape index (κ2) is 1.20. The lowest BCUT2D eigenvalue weighted by molar-refractivity contribution is 0.0878. The zero-order chi connectivity index (χ0) is 4.69. The highest BCUT2D eigenvalue weighted by molar-refractivity contribution is 4.87. The highest BCUT2D eigenvalue weighted by Gasteiger charge is 2.32. The summed E-state index contributed by atoms with van der Waals surface area (Å²) in [5, 5.41) is 4.28. The second-order valence-corrected chi connectivity index (χ2v) is 2.21. The lowest BCUT2D eigenvalue weighted by Gasteiger charge is -2.07. The molecule has 2 heterocycles. The van der Waals surface area contributed by atoms with Crippen LogP contribution in [0.3, 0.4) is 0 Å². The second-order valence-electron chi connectivity index (χ2n) is 2.21. The van der Waals surface area contributed by atoms with Gasteiger partial charge in [-0.05, 0) is 6.42 Å². The highest BCUT2D eigenvalue weighted by atomic mass is 16.5. The van der Waals surface area contributed by atoms with Gasteiger partial charge in [0.15, 0.2) is 0 Å². The van der Waals surface area contributed by atoms with Crippen LogP contribution >= 0.6 is 0 Å². The van der Waals surface area contributed by atoms with E-state index in [0.717, 1.165) is 13.2 Å². The van der Waals surface area contributed by atoms with Crippen molar-refractivity contribution in [2.24, 2.45) is 0 Å². The van der Waals surface area contributed by atoms with Gasteiger partial charge in [0.25, 0.3) is 0 Å². The lowest BCUT2D eigenvalue weighted by atomic mass is 10.3. The fourth-order valence-electron chi connectivity index (χ4n) is 1.21. The molecule has 2 bridgehead atoms. The van der Waals surface area contributed by atoms with Crippen molar-refractivity contribution in [1.29, 1.82) is 0 Å². The van der Waals surface area contributed by atoms with E-state index in [1.165, 1.54) is 6.42 Å². The molecule has 2 rings (SSSR count). The molecule has 1 radical (unpaired) electrons. The van der Waals surface area contributed by atoms with E-state index >= 15 is 0 Å². The van der Waals surface area contributed by atoms with E-state index < -0.39 is 0 Å². The maximum absolute atomic E-state index is 5.26. The minimum absolute atomic E-state index is 0.505. The molecule has 2 saturated heterocycles. The van der Waals surface area contributed by atoms with Crippen LogP contribution in [0.1, 0.15) is 6.42 Å². The summed E-state index contributed by atoms with van der Waals surface area (Å²) in [5.41, 5.74) is 0. The van der Waals surface area contributed by atoms with Gasteiger partial charge in [-0.1, -0.05) is 0 Å². The first-order valence-corrected chi connectivity index (χ1v) is 2.73. The molecule has 0 amide bonds. The maximum Gasteiger partial charge on any atom is 0.0733 e. The summed E-state index contributed by atoms with van der Waals surface area (Å²) in [6.45, 7) is 1.86. The van der Waals surface area contributed by atoms with E-state index in [1.54, 1.807) is 0 Å². The third-order valence-corrected chi connectivity index (χ3v) is 1.63. The first-order valence-electron chi connectivity index (χ1n) is 2.73. The maximum atomic E-state index is 5.26. The highest BCUT2D eigenvalue weighted by Crippen LogP contribution is 2.19. The number of nitrogens with zero attached hydrogens (tertiary/aromatic N) is 1. The average molecular weight is 98.1 g/mol. The van der Waals surface area contributed by atoms with Crippen LogP contribution in [0.4, 0.5) is 0 Å². The van der Waals surface area contributed by atoms with E-state index in [2.05, 4.69) is 5.32 Å². The van der Waals surface area contributed by atoms with Crippen molar-refractivity contribution in [1.82, 2.24) is 5.32 Å². The SMILES string of the molecule is C1O[C@H]2C[N][C@H]1C2. The molecular weight excluding hydrogens is 90.1 g/mol. The Balaban J connectivity index is 2.12. The quantitative estimate of drug-likeness (QED) is 0.410. The molecule has 0 unspecified atom stereocenters. The van der Waals surface area contributed by atoms with Crippen LogP contribution in [-0.4, -0.2) is 25.3 Å². The van der Waals surface area contributed by atoms with Gasteiger partial charge >= 0.3 is 0 Å². The van der Waals surface area contributed by atoms with Crippen LogP contribution in [0.25, 0.3) is 0 Å². The van der Waals surface area contributed by atoms with E-state index in [0.29, 0.717) is 12.1 Å². The van der Waals surface area contributed by atoms with Crippen molar-refractivity contribution < 1.29 is 4.74 Å². The number of fused-ring (bicyclic) bond motifs is 2. The fraction of sp³-hybridized carbons (Fsp3) is 1.00. The van der Waals surface area contributed by atoms with Gasteiger partial charge in [-0.15, -0.1) is 0 Å².